The minimum absolute atomic E-state index is 0.0806. The lowest BCUT2D eigenvalue weighted by Crippen LogP contribution is -2.60. The number of terminal acetylenes is 1. The highest BCUT2D eigenvalue weighted by Crippen LogP contribution is 2.40. The number of carbonyl (C=O) groups is 4. The van der Waals surface area contributed by atoms with Gasteiger partial charge in [-0.05, 0) is 40.8 Å². The molecule has 0 aromatic heterocycles. The first-order valence-corrected chi connectivity index (χ1v) is 15.7. The molecule has 0 aromatic carbocycles. The van der Waals surface area contributed by atoms with Gasteiger partial charge < -0.3 is 39.0 Å². The number of rotatable bonds is 6. The topological polar surface area (TPSA) is 150 Å². The van der Waals surface area contributed by atoms with Crippen LogP contribution in [0.5, 0.6) is 0 Å². The number of ether oxygens (including phenoxy) is 5. The van der Waals surface area contributed by atoms with Crippen molar-refractivity contribution in [1.82, 2.24) is 10.2 Å². The van der Waals surface area contributed by atoms with Crippen LogP contribution in [0.1, 0.15) is 61.3 Å². The SMILES string of the molecule is C#CCO[C@@H]1[C@@H](C)[C@H](O[C@@H]2O[C@H](C)C[C@H](N(C)C)[C@H]2O)[C@@H](C)C(=O)C(F)(F)C(=O)O[C@@H](CC)[C@@]2(C)OC(=O)NC2[C@H](C)C(=O)[C@@H]1C. The van der Waals surface area contributed by atoms with Crippen LogP contribution < -0.4 is 5.32 Å². The number of amides is 1. The summed E-state index contributed by atoms with van der Waals surface area (Å²) in [5.41, 5.74) is -1.73. The molecule has 0 radical (unpaired) electrons. The molecular formula is C32H48F2N2O10. The van der Waals surface area contributed by atoms with Crippen LogP contribution >= 0.6 is 0 Å². The number of alkyl halides is 2. The van der Waals surface area contributed by atoms with Gasteiger partial charge in [-0.2, -0.15) is 8.78 Å². The Morgan fingerprint density at radius 3 is 2.26 bits per heavy atom. The van der Waals surface area contributed by atoms with Crippen LogP contribution in [0.15, 0.2) is 0 Å². The molecule has 260 valence electrons. The summed E-state index contributed by atoms with van der Waals surface area (Å²) in [6.45, 7) is 10.2. The van der Waals surface area contributed by atoms with Crippen LogP contribution in [0.25, 0.3) is 0 Å². The second-order valence-corrected chi connectivity index (χ2v) is 13.2. The molecule has 3 fully saturated rings. The molecule has 2 N–H and O–H groups in total. The van der Waals surface area contributed by atoms with Crippen molar-refractivity contribution < 1.29 is 56.7 Å². The molecule has 1 amide bonds. The van der Waals surface area contributed by atoms with Gasteiger partial charge in [0.25, 0.3) is 0 Å². The van der Waals surface area contributed by atoms with E-state index in [-0.39, 0.29) is 13.0 Å². The van der Waals surface area contributed by atoms with Crippen molar-refractivity contribution in [3.05, 3.63) is 0 Å². The summed E-state index contributed by atoms with van der Waals surface area (Å²) >= 11 is 0. The van der Waals surface area contributed by atoms with Crippen LogP contribution in [-0.4, -0.2) is 115 Å². The molecule has 0 spiro atoms. The first kappa shape index (κ1) is 37.8. The summed E-state index contributed by atoms with van der Waals surface area (Å²) in [7, 11) is 3.52. The van der Waals surface area contributed by atoms with Crippen LogP contribution in [0.2, 0.25) is 0 Å². The number of halogens is 2. The van der Waals surface area contributed by atoms with E-state index in [1.807, 2.05) is 0 Å². The molecule has 0 aliphatic carbocycles. The summed E-state index contributed by atoms with van der Waals surface area (Å²) < 4.78 is 60.3. The van der Waals surface area contributed by atoms with Gasteiger partial charge in [0, 0.05) is 29.7 Å². The maximum Gasteiger partial charge on any atom is 0.408 e. The van der Waals surface area contributed by atoms with E-state index in [0.717, 1.165) is 0 Å². The van der Waals surface area contributed by atoms with Crippen LogP contribution in [0, 0.1) is 36.0 Å². The van der Waals surface area contributed by atoms with Gasteiger partial charge in [0.1, 0.15) is 24.6 Å². The summed E-state index contributed by atoms with van der Waals surface area (Å²) in [4.78, 5) is 55.0. The number of Topliss-reactive ketones (excluding diaryl/α,β-unsaturated/α-hetero) is 2. The zero-order chi connectivity index (χ0) is 34.9. The number of alkyl carbamates (subject to hydrolysis) is 1. The Morgan fingerprint density at radius 1 is 1.07 bits per heavy atom. The van der Waals surface area contributed by atoms with Crippen molar-refractivity contribution in [2.24, 2.45) is 23.7 Å². The molecule has 13 atom stereocenters. The fraction of sp³-hybridized carbons (Fsp3) is 0.812. The monoisotopic (exact) mass is 658 g/mol. The number of nitrogens with one attached hydrogen (secondary N) is 1. The zero-order valence-electron chi connectivity index (χ0n) is 28.0. The summed E-state index contributed by atoms with van der Waals surface area (Å²) in [5.74, 6) is -11.3. The zero-order valence-corrected chi connectivity index (χ0v) is 28.0. The number of hydrogen-bond donors (Lipinski definition) is 2. The van der Waals surface area contributed by atoms with E-state index < -0.39 is 108 Å². The first-order valence-electron chi connectivity index (χ1n) is 15.7. The molecular weight excluding hydrogens is 610 g/mol. The van der Waals surface area contributed by atoms with Crippen LogP contribution in [0.4, 0.5) is 13.6 Å². The van der Waals surface area contributed by atoms with E-state index in [9.17, 15) is 24.3 Å². The number of ketones is 2. The quantitative estimate of drug-likeness (QED) is 0.246. The van der Waals surface area contributed by atoms with E-state index in [1.54, 1.807) is 46.7 Å². The average molecular weight is 659 g/mol. The predicted octanol–water partition coefficient (Wildman–Crippen LogP) is 2.34. The minimum Gasteiger partial charge on any atom is -0.453 e. The molecule has 0 bridgehead atoms. The molecule has 3 saturated heterocycles. The highest BCUT2D eigenvalue weighted by Gasteiger charge is 2.60. The number of likely N-dealkylation sites (N-methyl/N-ethyl adjacent to an activating group) is 1. The van der Waals surface area contributed by atoms with Crippen molar-refractivity contribution >= 4 is 23.6 Å². The normalized spacial score (nSPS) is 42.3. The van der Waals surface area contributed by atoms with E-state index in [0.29, 0.717) is 6.42 Å². The fourth-order valence-corrected chi connectivity index (χ4v) is 7.13. The Balaban J connectivity index is 2.17. The number of fused-ring (bicyclic) bond motifs is 1. The van der Waals surface area contributed by atoms with Gasteiger partial charge in [-0.15, -0.1) is 6.42 Å². The number of hydrogen-bond acceptors (Lipinski definition) is 11. The molecule has 3 rings (SSSR count). The lowest BCUT2D eigenvalue weighted by atomic mass is 9.74. The molecule has 0 aromatic rings. The lowest BCUT2D eigenvalue weighted by molar-refractivity contribution is -0.282. The van der Waals surface area contributed by atoms with Crippen LogP contribution in [0.3, 0.4) is 0 Å². The molecule has 14 heteroatoms. The number of aliphatic hydroxyl groups is 1. The first-order chi connectivity index (χ1) is 21.3. The second kappa shape index (κ2) is 14.6. The third-order valence-corrected chi connectivity index (χ3v) is 9.79. The summed E-state index contributed by atoms with van der Waals surface area (Å²) in [6, 6.07) is -1.52. The molecule has 3 aliphatic rings. The fourth-order valence-electron chi connectivity index (χ4n) is 7.13. The Morgan fingerprint density at radius 2 is 1.70 bits per heavy atom. The number of cyclic esters (lactones) is 1. The van der Waals surface area contributed by atoms with Gasteiger partial charge in [0.15, 0.2) is 11.9 Å². The third kappa shape index (κ3) is 7.23. The van der Waals surface area contributed by atoms with Crippen LogP contribution in [-0.2, 0) is 38.1 Å². The molecule has 3 aliphatic heterocycles. The smallest absolute Gasteiger partial charge is 0.408 e. The Kier molecular flexibility index (Phi) is 12.0. The summed E-state index contributed by atoms with van der Waals surface area (Å²) in [5, 5.41) is 13.7. The molecule has 46 heavy (non-hydrogen) atoms. The number of aliphatic hydroxyl groups excluding tert-OH is 1. The molecule has 0 saturated carbocycles. The average Bonchev–Trinajstić information content (AvgIpc) is 3.31. The Labute approximate surface area is 269 Å². The third-order valence-electron chi connectivity index (χ3n) is 9.79. The van der Waals surface area contributed by atoms with Gasteiger partial charge in [-0.3, -0.25) is 9.59 Å². The highest BCUT2D eigenvalue weighted by molar-refractivity contribution is 6.06. The van der Waals surface area contributed by atoms with Crippen molar-refractivity contribution in [3.63, 3.8) is 0 Å². The molecule has 12 nitrogen and oxygen atoms in total. The van der Waals surface area contributed by atoms with E-state index in [4.69, 9.17) is 30.1 Å². The van der Waals surface area contributed by atoms with Crippen molar-refractivity contribution in [3.8, 4) is 12.3 Å². The van der Waals surface area contributed by atoms with Crippen molar-refractivity contribution in [2.45, 2.75) is 122 Å². The maximum absolute atomic E-state index is 15.8. The maximum atomic E-state index is 15.8. The molecule has 1 unspecified atom stereocenters. The number of nitrogens with zero attached hydrogens (tertiary/aromatic N) is 1. The molecule has 3 heterocycles. The van der Waals surface area contributed by atoms with Gasteiger partial charge in [-0.25, -0.2) is 9.59 Å². The lowest BCUT2D eigenvalue weighted by Gasteiger charge is -2.45. The summed E-state index contributed by atoms with van der Waals surface area (Å²) in [6.07, 6.45) is -2.07. The van der Waals surface area contributed by atoms with E-state index >= 15 is 8.78 Å². The standard InChI is InChI=1S/C32H48F2N2O10/c1-11-13-42-24-16(4)22(37)17(5)26-31(8,46-30(41)35-26)21(12-2)44-29(40)32(33,34)27(39)19(7)25(18(24)6)45-28-23(38)20(36(9)10)14-15(3)43-28/h1,15-21,23-26,28,38H,12-14H2,2-10H3,(H,35,41)/t15-,16+,17-,18-,19-,20+,21+,23-,24+,25+,26?,28+,31-/m1/s1. The Bertz CT molecular complexity index is 1190. The van der Waals surface area contributed by atoms with Crippen molar-refractivity contribution in [1.29, 1.82) is 0 Å². The Hall–Kier alpha value is -2.70. The van der Waals surface area contributed by atoms with Crippen molar-refractivity contribution in [2.75, 3.05) is 20.7 Å². The largest absolute Gasteiger partial charge is 0.453 e. The van der Waals surface area contributed by atoms with Gasteiger partial charge in [0.2, 0.25) is 5.78 Å². The van der Waals surface area contributed by atoms with E-state index in [1.165, 1.54) is 20.8 Å². The predicted molar refractivity (Wildman–Crippen MR) is 159 cm³/mol. The number of esters is 1. The highest BCUT2D eigenvalue weighted by atomic mass is 19.3. The minimum atomic E-state index is -4.64. The van der Waals surface area contributed by atoms with E-state index in [2.05, 4.69) is 11.2 Å². The van der Waals surface area contributed by atoms with Gasteiger partial charge >= 0.3 is 18.0 Å². The number of carbonyl (C=O) groups excluding carboxylic acids is 4. The van der Waals surface area contributed by atoms with Gasteiger partial charge in [-0.1, -0.05) is 40.5 Å². The second-order valence-electron chi connectivity index (χ2n) is 13.2. The van der Waals surface area contributed by atoms with Gasteiger partial charge in [0.05, 0.1) is 24.4 Å².